The SMILES string of the molecule is CCn1cccc1CNc1ccccc1I. The van der Waals surface area contributed by atoms with Crippen molar-refractivity contribution >= 4 is 28.3 Å². The highest BCUT2D eigenvalue weighted by atomic mass is 127. The molecule has 1 aromatic heterocycles. The molecule has 1 aromatic carbocycles. The average Bonchev–Trinajstić information content (AvgIpc) is 2.75. The number of halogens is 1. The van der Waals surface area contributed by atoms with Gasteiger partial charge in [-0.3, -0.25) is 0 Å². The maximum atomic E-state index is 3.46. The molecule has 0 saturated carbocycles. The zero-order valence-electron chi connectivity index (χ0n) is 9.28. The lowest BCUT2D eigenvalue weighted by Crippen LogP contribution is -2.06. The molecule has 0 radical (unpaired) electrons. The van der Waals surface area contributed by atoms with E-state index < -0.39 is 0 Å². The summed E-state index contributed by atoms with van der Waals surface area (Å²) < 4.78 is 3.51. The van der Waals surface area contributed by atoms with Gasteiger partial charge in [-0.05, 0) is 53.8 Å². The fraction of sp³-hybridized carbons (Fsp3) is 0.231. The van der Waals surface area contributed by atoms with E-state index in [0.717, 1.165) is 13.1 Å². The fourth-order valence-electron chi connectivity index (χ4n) is 1.71. The molecule has 2 nitrogen and oxygen atoms in total. The zero-order valence-corrected chi connectivity index (χ0v) is 11.4. The van der Waals surface area contributed by atoms with Crippen LogP contribution in [0.25, 0.3) is 0 Å². The predicted molar refractivity (Wildman–Crippen MR) is 76.6 cm³/mol. The van der Waals surface area contributed by atoms with E-state index in [1.165, 1.54) is 15.0 Å². The molecule has 0 spiro atoms. The summed E-state index contributed by atoms with van der Waals surface area (Å²) in [6, 6.07) is 12.6. The highest BCUT2D eigenvalue weighted by molar-refractivity contribution is 14.1. The van der Waals surface area contributed by atoms with Crippen molar-refractivity contribution in [1.82, 2.24) is 4.57 Å². The summed E-state index contributed by atoms with van der Waals surface area (Å²) in [5.74, 6) is 0. The number of nitrogens with zero attached hydrogens (tertiary/aromatic N) is 1. The minimum absolute atomic E-state index is 0.876. The summed E-state index contributed by atoms with van der Waals surface area (Å²) in [5, 5.41) is 3.46. The van der Waals surface area contributed by atoms with E-state index >= 15 is 0 Å². The number of anilines is 1. The minimum atomic E-state index is 0.876. The van der Waals surface area contributed by atoms with Gasteiger partial charge in [-0.15, -0.1) is 0 Å². The molecule has 0 aliphatic rings. The Hall–Kier alpha value is -0.970. The van der Waals surface area contributed by atoms with Crippen LogP contribution in [0.15, 0.2) is 42.6 Å². The van der Waals surface area contributed by atoms with Gasteiger partial charge in [0.2, 0.25) is 0 Å². The summed E-state index contributed by atoms with van der Waals surface area (Å²) in [6.07, 6.45) is 2.12. The number of benzene rings is 1. The Kier molecular flexibility index (Phi) is 3.88. The number of hydrogen-bond donors (Lipinski definition) is 1. The minimum Gasteiger partial charge on any atom is -0.379 e. The Labute approximate surface area is 110 Å². The fourth-order valence-corrected chi connectivity index (χ4v) is 2.29. The third-order valence-corrected chi connectivity index (χ3v) is 3.54. The monoisotopic (exact) mass is 326 g/mol. The summed E-state index contributed by atoms with van der Waals surface area (Å²) in [5.41, 5.74) is 2.52. The standard InChI is InChI=1S/C13H15IN2/c1-2-16-9-5-6-11(16)10-15-13-8-4-3-7-12(13)14/h3-9,15H,2,10H2,1H3. The van der Waals surface area contributed by atoms with Gasteiger partial charge >= 0.3 is 0 Å². The van der Waals surface area contributed by atoms with E-state index in [9.17, 15) is 0 Å². The van der Waals surface area contributed by atoms with Crippen LogP contribution in [-0.2, 0) is 13.1 Å². The Morgan fingerprint density at radius 3 is 2.75 bits per heavy atom. The normalized spacial score (nSPS) is 10.4. The van der Waals surface area contributed by atoms with Gasteiger partial charge in [0.1, 0.15) is 0 Å². The van der Waals surface area contributed by atoms with Crippen molar-refractivity contribution in [2.24, 2.45) is 0 Å². The topological polar surface area (TPSA) is 17.0 Å². The first-order chi connectivity index (χ1) is 7.81. The number of rotatable bonds is 4. The van der Waals surface area contributed by atoms with Gasteiger partial charge in [-0.25, -0.2) is 0 Å². The van der Waals surface area contributed by atoms with Gasteiger partial charge in [0.05, 0.1) is 6.54 Å². The second-order valence-electron chi connectivity index (χ2n) is 3.62. The number of aromatic nitrogens is 1. The van der Waals surface area contributed by atoms with E-state index in [0.29, 0.717) is 0 Å². The molecule has 0 fully saturated rings. The van der Waals surface area contributed by atoms with Crippen LogP contribution in [0.5, 0.6) is 0 Å². The molecular formula is C13H15IN2. The molecule has 0 aliphatic heterocycles. The molecule has 0 unspecified atom stereocenters. The van der Waals surface area contributed by atoms with Crippen LogP contribution < -0.4 is 5.32 Å². The third kappa shape index (κ3) is 2.58. The van der Waals surface area contributed by atoms with Crippen molar-refractivity contribution in [3.05, 3.63) is 51.9 Å². The summed E-state index contributed by atoms with van der Waals surface area (Å²) >= 11 is 2.35. The van der Waals surface area contributed by atoms with Crippen molar-refractivity contribution in [2.75, 3.05) is 5.32 Å². The smallest absolute Gasteiger partial charge is 0.0553 e. The summed E-state index contributed by atoms with van der Waals surface area (Å²) in [7, 11) is 0. The lowest BCUT2D eigenvalue weighted by atomic mass is 10.3. The molecule has 1 heterocycles. The van der Waals surface area contributed by atoms with E-state index in [-0.39, 0.29) is 0 Å². The van der Waals surface area contributed by atoms with Crippen LogP contribution in [-0.4, -0.2) is 4.57 Å². The lowest BCUT2D eigenvalue weighted by Gasteiger charge is -2.10. The first kappa shape index (κ1) is 11.5. The number of nitrogens with one attached hydrogen (secondary N) is 1. The molecule has 0 aliphatic carbocycles. The maximum absolute atomic E-state index is 3.46. The van der Waals surface area contributed by atoms with Gasteiger partial charge in [0.15, 0.2) is 0 Å². The van der Waals surface area contributed by atoms with E-state index in [1.807, 2.05) is 0 Å². The molecule has 0 amide bonds. The molecule has 0 saturated heterocycles. The average molecular weight is 326 g/mol. The van der Waals surface area contributed by atoms with Crippen molar-refractivity contribution in [1.29, 1.82) is 0 Å². The third-order valence-electron chi connectivity index (χ3n) is 2.60. The van der Waals surface area contributed by atoms with Crippen LogP contribution in [0.4, 0.5) is 5.69 Å². The molecule has 0 bridgehead atoms. The van der Waals surface area contributed by atoms with Crippen LogP contribution in [0.3, 0.4) is 0 Å². The van der Waals surface area contributed by atoms with Gasteiger partial charge < -0.3 is 9.88 Å². The molecule has 0 atom stereocenters. The molecule has 84 valence electrons. The number of para-hydroxylation sites is 1. The second kappa shape index (κ2) is 5.39. The summed E-state index contributed by atoms with van der Waals surface area (Å²) in [6.45, 7) is 4.06. The number of aryl methyl sites for hydroxylation is 1. The highest BCUT2D eigenvalue weighted by Gasteiger charge is 2.00. The van der Waals surface area contributed by atoms with E-state index in [1.54, 1.807) is 0 Å². The largest absolute Gasteiger partial charge is 0.379 e. The summed E-state index contributed by atoms with van der Waals surface area (Å²) in [4.78, 5) is 0. The van der Waals surface area contributed by atoms with Crippen LogP contribution in [0.2, 0.25) is 0 Å². The Balaban J connectivity index is 2.05. The molecule has 1 N–H and O–H groups in total. The lowest BCUT2D eigenvalue weighted by molar-refractivity contribution is 0.724. The molecular weight excluding hydrogens is 311 g/mol. The predicted octanol–water partition coefficient (Wildman–Crippen LogP) is 3.72. The Morgan fingerprint density at radius 1 is 1.19 bits per heavy atom. The van der Waals surface area contributed by atoms with Crippen LogP contribution in [0.1, 0.15) is 12.6 Å². The first-order valence-electron chi connectivity index (χ1n) is 5.43. The van der Waals surface area contributed by atoms with Crippen LogP contribution in [0, 0.1) is 3.57 Å². The van der Waals surface area contributed by atoms with E-state index in [4.69, 9.17) is 0 Å². The number of hydrogen-bond acceptors (Lipinski definition) is 1. The van der Waals surface area contributed by atoms with Crippen LogP contribution >= 0.6 is 22.6 Å². The van der Waals surface area contributed by atoms with Gasteiger partial charge in [-0.1, -0.05) is 12.1 Å². The highest BCUT2D eigenvalue weighted by Crippen LogP contribution is 2.17. The van der Waals surface area contributed by atoms with Gasteiger partial charge in [0, 0.05) is 27.7 Å². The van der Waals surface area contributed by atoms with Crippen molar-refractivity contribution in [3.63, 3.8) is 0 Å². The Morgan fingerprint density at radius 2 is 2.00 bits per heavy atom. The van der Waals surface area contributed by atoms with Crippen molar-refractivity contribution in [2.45, 2.75) is 20.0 Å². The zero-order chi connectivity index (χ0) is 11.4. The van der Waals surface area contributed by atoms with Crippen molar-refractivity contribution in [3.8, 4) is 0 Å². The van der Waals surface area contributed by atoms with Gasteiger partial charge in [-0.2, -0.15) is 0 Å². The molecule has 2 aromatic rings. The Bertz CT molecular complexity index is 462. The van der Waals surface area contributed by atoms with E-state index in [2.05, 4.69) is 82.0 Å². The molecule has 3 heteroatoms. The second-order valence-corrected chi connectivity index (χ2v) is 4.78. The van der Waals surface area contributed by atoms with Crippen molar-refractivity contribution < 1.29 is 0 Å². The maximum Gasteiger partial charge on any atom is 0.0553 e. The van der Waals surface area contributed by atoms with Gasteiger partial charge in [0.25, 0.3) is 0 Å². The molecule has 2 rings (SSSR count). The first-order valence-corrected chi connectivity index (χ1v) is 6.51. The quantitative estimate of drug-likeness (QED) is 0.848. The molecule has 16 heavy (non-hydrogen) atoms.